The van der Waals surface area contributed by atoms with Crippen molar-refractivity contribution in [1.82, 2.24) is 9.80 Å². The van der Waals surface area contributed by atoms with Gasteiger partial charge in [-0.3, -0.25) is 9.69 Å². The second-order valence-electron chi connectivity index (χ2n) is 8.54. The molecule has 1 saturated carbocycles. The molecule has 0 aromatic heterocycles. The molecule has 1 atom stereocenters. The number of carbonyl (C=O) groups is 1. The van der Waals surface area contributed by atoms with Gasteiger partial charge in [0.2, 0.25) is 5.91 Å². The van der Waals surface area contributed by atoms with Gasteiger partial charge >= 0.3 is 0 Å². The largest absolute Gasteiger partial charge is 0.339 e. The lowest BCUT2D eigenvalue weighted by Gasteiger charge is -2.49. The standard InChI is InChI=1S/C22H29N3O/c23-14-18-6-1-2-7-19(18)15-24-13-5-11-22(16-24)12-10-21(26)25(17-22)20-8-3-4-9-20/h1-2,6-7,20H,3-5,8-13,15-17H2/t22-/m0/s1. The first-order valence-electron chi connectivity index (χ1n) is 10.2. The van der Waals surface area contributed by atoms with E-state index in [9.17, 15) is 10.1 Å². The molecule has 2 aliphatic heterocycles. The molecule has 4 nitrogen and oxygen atoms in total. The molecule has 138 valence electrons. The highest BCUT2D eigenvalue weighted by molar-refractivity contribution is 5.77. The highest BCUT2D eigenvalue weighted by atomic mass is 16.2. The van der Waals surface area contributed by atoms with E-state index in [1.54, 1.807) is 0 Å². The third-order valence-corrected chi connectivity index (χ3v) is 6.73. The molecule has 4 rings (SSSR count). The Balaban J connectivity index is 1.47. The number of piperidine rings is 2. The lowest BCUT2D eigenvalue weighted by molar-refractivity contribution is -0.142. The molecular weight excluding hydrogens is 322 g/mol. The van der Waals surface area contributed by atoms with E-state index in [2.05, 4.69) is 21.9 Å². The predicted molar refractivity (Wildman–Crippen MR) is 101 cm³/mol. The van der Waals surface area contributed by atoms with Crippen molar-refractivity contribution >= 4 is 5.91 Å². The fourth-order valence-corrected chi connectivity index (χ4v) is 5.38. The summed E-state index contributed by atoms with van der Waals surface area (Å²) in [5.41, 5.74) is 2.18. The first-order chi connectivity index (χ1) is 12.7. The summed E-state index contributed by atoms with van der Waals surface area (Å²) >= 11 is 0. The Labute approximate surface area is 156 Å². The molecule has 0 N–H and O–H groups in total. The molecule has 1 aromatic rings. The molecule has 0 radical (unpaired) electrons. The number of amides is 1. The minimum Gasteiger partial charge on any atom is -0.339 e. The lowest BCUT2D eigenvalue weighted by atomic mass is 9.73. The van der Waals surface area contributed by atoms with E-state index < -0.39 is 0 Å². The fourth-order valence-electron chi connectivity index (χ4n) is 5.38. The van der Waals surface area contributed by atoms with Gasteiger partial charge in [-0.2, -0.15) is 5.26 Å². The highest BCUT2D eigenvalue weighted by Crippen LogP contribution is 2.41. The maximum atomic E-state index is 12.5. The Morgan fingerprint density at radius 1 is 1.12 bits per heavy atom. The van der Waals surface area contributed by atoms with Crippen LogP contribution in [-0.4, -0.2) is 41.4 Å². The number of nitriles is 1. The van der Waals surface area contributed by atoms with Gasteiger partial charge in [-0.1, -0.05) is 31.0 Å². The van der Waals surface area contributed by atoms with E-state index in [-0.39, 0.29) is 5.41 Å². The van der Waals surface area contributed by atoms with E-state index in [1.165, 1.54) is 38.5 Å². The van der Waals surface area contributed by atoms with Crippen LogP contribution in [0.2, 0.25) is 0 Å². The molecule has 1 spiro atoms. The molecule has 4 heteroatoms. The molecule has 26 heavy (non-hydrogen) atoms. The van der Waals surface area contributed by atoms with Crippen LogP contribution in [0, 0.1) is 16.7 Å². The first-order valence-corrected chi connectivity index (χ1v) is 10.2. The molecule has 2 saturated heterocycles. The average Bonchev–Trinajstić information content (AvgIpc) is 3.19. The number of hydrogen-bond acceptors (Lipinski definition) is 3. The SMILES string of the molecule is N#Cc1ccccc1CN1CCC[C@]2(CCC(=O)N(C3CCCC3)C2)C1. The third-order valence-electron chi connectivity index (χ3n) is 6.73. The predicted octanol–water partition coefficient (Wildman–Crippen LogP) is 3.71. The minimum absolute atomic E-state index is 0.260. The average molecular weight is 351 g/mol. The van der Waals surface area contributed by atoms with Gasteiger partial charge in [-0.25, -0.2) is 0 Å². The normalized spacial score (nSPS) is 27.8. The zero-order valence-corrected chi connectivity index (χ0v) is 15.6. The lowest BCUT2D eigenvalue weighted by Crippen LogP contribution is -2.55. The van der Waals surface area contributed by atoms with Crippen LogP contribution in [0.3, 0.4) is 0 Å². The first kappa shape index (κ1) is 17.5. The Morgan fingerprint density at radius 3 is 2.73 bits per heavy atom. The second-order valence-corrected chi connectivity index (χ2v) is 8.54. The van der Waals surface area contributed by atoms with Crippen molar-refractivity contribution in [3.63, 3.8) is 0 Å². The summed E-state index contributed by atoms with van der Waals surface area (Å²) in [4.78, 5) is 17.3. The summed E-state index contributed by atoms with van der Waals surface area (Å²) in [6.45, 7) is 3.96. The summed E-state index contributed by atoms with van der Waals surface area (Å²) in [6.07, 6.45) is 9.13. The number of hydrogen-bond donors (Lipinski definition) is 0. The van der Waals surface area contributed by atoms with Gasteiger partial charge in [0, 0.05) is 37.5 Å². The number of nitrogens with zero attached hydrogens (tertiary/aromatic N) is 3. The van der Waals surface area contributed by atoms with E-state index in [1.807, 2.05) is 18.2 Å². The second kappa shape index (κ2) is 7.40. The number of carbonyl (C=O) groups excluding carboxylic acids is 1. The maximum absolute atomic E-state index is 12.5. The van der Waals surface area contributed by atoms with Crippen molar-refractivity contribution in [3.05, 3.63) is 35.4 Å². The van der Waals surface area contributed by atoms with E-state index in [4.69, 9.17) is 0 Å². The van der Waals surface area contributed by atoms with Crippen LogP contribution in [0.4, 0.5) is 0 Å². The van der Waals surface area contributed by atoms with Gasteiger partial charge in [-0.05, 0) is 50.3 Å². The van der Waals surface area contributed by atoms with Crippen molar-refractivity contribution in [1.29, 1.82) is 5.26 Å². The molecular formula is C22H29N3O. The zero-order valence-electron chi connectivity index (χ0n) is 15.6. The van der Waals surface area contributed by atoms with Crippen LogP contribution in [0.1, 0.15) is 62.5 Å². The van der Waals surface area contributed by atoms with Crippen LogP contribution in [0.15, 0.2) is 24.3 Å². The Kier molecular flexibility index (Phi) is 5.00. The smallest absolute Gasteiger partial charge is 0.222 e. The maximum Gasteiger partial charge on any atom is 0.222 e. The Bertz CT molecular complexity index is 704. The molecule has 0 unspecified atom stereocenters. The molecule has 1 aromatic carbocycles. The molecule has 0 bridgehead atoms. The monoisotopic (exact) mass is 351 g/mol. The van der Waals surface area contributed by atoms with Gasteiger partial charge in [0.15, 0.2) is 0 Å². The Hall–Kier alpha value is -1.86. The van der Waals surface area contributed by atoms with Gasteiger partial charge in [0.05, 0.1) is 11.6 Å². The van der Waals surface area contributed by atoms with Crippen LogP contribution >= 0.6 is 0 Å². The third kappa shape index (κ3) is 3.50. The summed E-state index contributed by atoms with van der Waals surface area (Å²) < 4.78 is 0. The van der Waals surface area contributed by atoms with Gasteiger partial charge in [-0.15, -0.1) is 0 Å². The molecule has 1 amide bonds. The summed E-state index contributed by atoms with van der Waals surface area (Å²) in [6, 6.07) is 10.8. The number of likely N-dealkylation sites (tertiary alicyclic amines) is 2. The van der Waals surface area contributed by atoms with Gasteiger partial charge < -0.3 is 4.90 Å². The topological polar surface area (TPSA) is 47.3 Å². The van der Waals surface area contributed by atoms with Crippen LogP contribution in [-0.2, 0) is 11.3 Å². The summed E-state index contributed by atoms with van der Waals surface area (Å²) in [5, 5.41) is 9.36. The van der Waals surface area contributed by atoms with Crippen LogP contribution in [0.5, 0.6) is 0 Å². The molecule has 2 heterocycles. The van der Waals surface area contributed by atoms with Crippen LogP contribution < -0.4 is 0 Å². The number of benzene rings is 1. The molecule has 3 aliphatic rings. The van der Waals surface area contributed by atoms with E-state index in [0.29, 0.717) is 11.9 Å². The minimum atomic E-state index is 0.260. The number of rotatable bonds is 3. The van der Waals surface area contributed by atoms with Crippen molar-refractivity contribution in [2.45, 2.75) is 64.0 Å². The molecule has 3 fully saturated rings. The summed E-state index contributed by atoms with van der Waals surface area (Å²) in [5.74, 6) is 0.384. The summed E-state index contributed by atoms with van der Waals surface area (Å²) in [7, 11) is 0. The van der Waals surface area contributed by atoms with Crippen molar-refractivity contribution in [2.75, 3.05) is 19.6 Å². The molecule has 1 aliphatic carbocycles. The zero-order chi connectivity index (χ0) is 18.0. The van der Waals surface area contributed by atoms with Gasteiger partial charge in [0.1, 0.15) is 0 Å². The van der Waals surface area contributed by atoms with E-state index in [0.717, 1.165) is 50.1 Å². The van der Waals surface area contributed by atoms with Crippen molar-refractivity contribution in [3.8, 4) is 6.07 Å². The van der Waals surface area contributed by atoms with Crippen LogP contribution in [0.25, 0.3) is 0 Å². The van der Waals surface area contributed by atoms with Crippen molar-refractivity contribution in [2.24, 2.45) is 5.41 Å². The quantitative estimate of drug-likeness (QED) is 0.834. The van der Waals surface area contributed by atoms with Gasteiger partial charge in [0.25, 0.3) is 0 Å². The fraction of sp³-hybridized carbons (Fsp3) is 0.636. The highest BCUT2D eigenvalue weighted by Gasteiger charge is 2.43. The van der Waals surface area contributed by atoms with Crippen molar-refractivity contribution < 1.29 is 4.79 Å². The van der Waals surface area contributed by atoms with E-state index >= 15 is 0 Å². The Morgan fingerprint density at radius 2 is 1.92 bits per heavy atom.